The Morgan fingerprint density at radius 2 is 1.61 bits per heavy atom. The molecular formula is C26H34N4O3. The first-order valence-electron chi connectivity index (χ1n) is 11.8. The number of benzene rings is 2. The van der Waals surface area contributed by atoms with E-state index in [0.717, 1.165) is 42.6 Å². The van der Waals surface area contributed by atoms with Gasteiger partial charge in [-0.1, -0.05) is 26.0 Å². The zero-order valence-corrected chi connectivity index (χ0v) is 19.7. The molecular weight excluding hydrogens is 416 g/mol. The lowest BCUT2D eigenvalue weighted by Crippen LogP contribution is -2.32. The molecule has 0 bridgehead atoms. The van der Waals surface area contributed by atoms with Gasteiger partial charge >= 0.3 is 0 Å². The summed E-state index contributed by atoms with van der Waals surface area (Å²) in [6.07, 6.45) is 3.70. The first-order valence-corrected chi connectivity index (χ1v) is 11.8. The van der Waals surface area contributed by atoms with E-state index in [1.165, 1.54) is 0 Å². The molecule has 2 aromatic rings. The van der Waals surface area contributed by atoms with Crippen molar-refractivity contribution in [1.29, 1.82) is 0 Å². The fourth-order valence-electron chi connectivity index (χ4n) is 3.69. The number of rotatable bonds is 11. The van der Waals surface area contributed by atoms with Gasteiger partial charge in [0, 0.05) is 41.6 Å². The highest BCUT2D eigenvalue weighted by atomic mass is 16.2. The Bertz CT molecular complexity index is 995. The highest BCUT2D eigenvalue weighted by Gasteiger charge is 2.29. The van der Waals surface area contributed by atoms with Gasteiger partial charge in [0.05, 0.1) is 6.54 Å². The number of hydrogen-bond donors (Lipinski definition) is 3. The molecule has 0 radical (unpaired) electrons. The molecule has 7 nitrogen and oxygen atoms in total. The van der Waals surface area contributed by atoms with Gasteiger partial charge in [-0.15, -0.1) is 0 Å². The van der Waals surface area contributed by atoms with Crippen LogP contribution in [0.2, 0.25) is 0 Å². The van der Waals surface area contributed by atoms with Crippen molar-refractivity contribution in [3.63, 3.8) is 0 Å². The zero-order chi connectivity index (χ0) is 23.8. The van der Waals surface area contributed by atoms with Crippen molar-refractivity contribution in [1.82, 2.24) is 4.90 Å². The van der Waals surface area contributed by atoms with Crippen molar-refractivity contribution in [3.8, 4) is 0 Å². The van der Waals surface area contributed by atoms with Crippen LogP contribution in [0.15, 0.2) is 42.5 Å². The maximum absolute atomic E-state index is 12.8. The molecule has 3 N–H and O–H groups in total. The third-order valence-electron chi connectivity index (χ3n) is 5.65. The number of nitrogens with zero attached hydrogens (tertiary/aromatic N) is 1. The maximum Gasteiger partial charge on any atom is 0.253 e. The number of nitrogens with one attached hydrogen (secondary N) is 3. The van der Waals surface area contributed by atoms with E-state index in [2.05, 4.69) is 29.8 Å². The maximum atomic E-state index is 12.8. The van der Waals surface area contributed by atoms with Crippen molar-refractivity contribution in [2.75, 3.05) is 35.6 Å². The van der Waals surface area contributed by atoms with Crippen LogP contribution in [-0.4, -0.2) is 42.3 Å². The van der Waals surface area contributed by atoms with Crippen LogP contribution in [0, 0.1) is 12.8 Å². The molecule has 0 aromatic heterocycles. The Morgan fingerprint density at radius 3 is 2.27 bits per heavy atom. The minimum atomic E-state index is -0.217. The molecule has 1 aliphatic rings. The van der Waals surface area contributed by atoms with Crippen LogP contribution in [0.3, 0.4) is 0 Å². The minimum Gasteiger partial charge on any atom is -0.376 e. The molecule has 0 atom stereocenters. The Balaban J connectivity index is 1.58. The molecule has 176 valence electrons. The average molecular weight is 451 g/mol. The second kappa shape index (κ2) is 11.5. The second-order valence-electron chi connectivity index (χ2n) is 8.52. The molecule has 0 saturated heterocycles. The third kappa shape index (κ3) is 6.81. The normalized spacial score (nSPS) is 12.7. The van der Waals surface area contributed by atoms with Crippen LogP contribution in [0.1, 0.15) is 55.5 Å². The van der Waals surface area contributed by atoms with Gasteiger partial charge in [0.2, 0.25) is 11.8 Å². The summed E-state index contributed by atoms with van der Waals surface area (Å²) in [5.41, 5.74) is 3.59. The number of amides is 3. The van der Waals surface area contributed by atoms with Crippen LogP contribution in [0.25, 0.3) is 0 Å². The molecule has 1 saturated carbocycles. The van der Waals surface area contributed by atoms with Crippen molar-refractivity contribution >= 4 is 34.8 Å². The van der Waals surface area contributed by atoms with Crippen LogP contribution in [0.4, 0.5) is 17.1 Å². The van der Waals surface area contributed by atoms with Gasteiger partial charge in [0.25, 0.3) is 5.91 Å². The standard InChI is InChI=1S/C26H34N4O3/c1-4-14-30(15-5-2)26(33)20-8-6-9-21(16-20)28-24(31)17-27-22-10-7-11-23(18(22)3)29-25(32)19-12-13-19/h6-11,16,19,27H,4-5,12-15,17H2,1-3H3,(H,28,31)(H,29,32). The molecule has 1 aliphatic carbocycles. The summed E-state index contributed by atoms with van der Waals surface area (Å²) in [6.45, 7) is 7.52. The largest absolute Gasteiger partial charge is 0.376 e. The topological polar surface area (TPSA) is 90.5 Å². The van der Waals surface area contributed by atoms with Crippen molar-refractivity contribution in [2.24, 2.45) is 5.92 Å². The van der Waals surface area contributed by atoms with Crippen molar-refractivity contribution in [2.45, 2.75) is 46.5 Å². The molecule has 0 aliphatic heterocycles. The number of anilines is 3. The van der Waals surface area contributed by atoms with Gasteiger partial charge < -0.3 is 20.9 Å². The fourth-order valence-corrected chi connectivity index (χ4v) is 3.69. The summed E-state index contributed by atoms with van der Waals surface area (Å²) < 4.78 is 0. The van der Waals surface area contributed by atoms with E-state index in [9.17, 15) is 14.4 Å². The third-order valence-corrected chi connectivity index (χ3v) is 5.65. The summed E-state index contributed by atoms with van der Waals surface area (Å²) >= 11 is 0. The first-order chi connectivity index (χ1) is 15.9. The van der Waals surface area contributed by atoms with Crippen LogP contribution in [0.5, 0.6) is 0 Å². The molecule has 3 amide bonds. The van der Waals surface area contributed by atoms with E-state index < -0.39 is 0 Å². The number of carbonyl (C=O) groups is 3. The fraction of sp³-hybridized carbons (Fsp3) is 0.423. The van der Waals surface area contributed by atoms with E-state index >= 15 is 0 Å². The Morgan fingerprint density at radius 1 is 0.939 bits per heavy atom. The molecule has 2 aromatic carbocycles. The van der Waals surface area contributed by atoms with Gasteiger partial charge in [0.15, 0.2) is 0 Å². The molecule has 3 rings (SSSR count). The highest BCUT2D eigenvalue weighted by molar-refractivity contribution is 5.98. The lowest BCUT2D eigenvalue weighted by molar-refractivity contribution is -0.117. The van der Waals surface area contributed by atoms with Gasteiger partial charge in [-0.05, 0) is 68.5 Å². The predicted molar refractivity (Wildman–Crippen MR) is 133 cm³/mol. The minimum absolute atomic E-state index is 0.0198. The van der Waals surface area contributed by atoms with Crippen molar-refractivity contribution < 1.29 is 14.4 Å². The monoisotopic (exact) mass is 450 g/mol. The summed E-state index contributed by atoms with van der Waals surface area (Å²) in [6, 6.07) is 12.6. The van der Waals surface area contributed by atoms with E-state index in [0.29, 0.717) is 24.3 Å². The molecule has 0 heterocycles. The van der Waals surface area contributed by atoms with Gasteiger partial charge in [-0.25, -0.2) is 0 Å². The summed E-state index contributed by atoms with van der Waals surface area (Å²) in [4.78, 5) is 39.3. The van der Waals surface area contributed by atoms with Gasteiger partial charge in [0.1, 0.15) is 0 Å². The Hall–Kier alpha value is -3.35. The predicted octanol–water partition coefficient (Wildman–Crippen LogP) is 4.66. The van der Waals surface area contributed by atoms with Gasteiger partial charge in [-0.2, -0.15) is 0 Å². The molecule has 33 heavy (non-hydrogen) atoms. The number of hydrogen-bond acceptors (Lipinski definition) is 4. The first kappa shape index (κ1) is 24.3. The quantitative estimate of drug-likeness (QED) is 0.465. The second-order valence-corrected chi connectivity index (χ2v) is 8.52. The SMILES string of the molecule is CCCN(CCC)C(=O)c1cccc(NC(=O)CNc2cccc(NC(=O)C3CC3)c2C)c1. The lowest BCUT2D eigenvalue weighted by atomic mass is 10.1. The Labute approximate surface area is 195 Å². The zero-order valence-electron chi connectivity index (χ0n) is 19.7. The van der Waals surface area contributed by atoms with Crippen molar-refractivity contribution in [3.05, 3.63) is 53.6 Å². The highest BCUT2D eigenvalue weighted by Crippen LogP contribution is 2.31. The van der Waals surface area contributed by atoms with Crippen LogP contribution in [-0.2, 0) is 9.59 Å². The number of carbonyl (C=O) groups excluding carboxylic acids is 3. The summed E-state index contributed by atoms with van der Waals surface area (Å²) in [5.74, 6) is -0.0525. The molecule has 1 fully saturated rings. The summed E-state index contributed by atoms with van der Waals surface area (Å²) in [7, 11) is 0. The van der Waals surface area contributed by atoms with E-state index in [1.54, 1.807) is 24.3 Å². The molecule has 0 spiro atoms. The summed E-state index contributed by atoms with van der Waals surface area (Å²) in [5, 5.41) is 8.97. The average Bonchev–Trinajstić information content (AvgIpc) is 3.65. The smallest absolute Gasteiger partial charge is 0.253 e. The van der Waals surface area contributed by atoms with E-state index in [-0.39, 0.29) is 30.2 Å². The van der Waals surface area contributed by atoms with Crippen LogP contribution >= 0.6 is 0 Å². The van der Waals surface area contributed by atoms with E-state index in [4.69, 9.17) is 0 Å². The van der Waals surface area contributed by atoms with Crippen LogP contribution < -0.4 is 16.0 Å². The molecule has 7 heteroatoms. The Kier molecular flexibility index (Phi) is 8.46. The lowest BCUT2D eigenvalue weighted by Gasteiger charge is -2.21. The van der Waals surface area contributed by atoms with E-state index in [1.807, 2.05) is 30.0 Å². The molecule has 0 unspecified atom stereocenters. The van der Waals surface area contributed by atoms with Gasteiger partial charge in [-0.3, -0.25) is 14.4 Å².